The highest BCUT2D eigenvalue weighted by molar-refractivity contribution is 6.21. The van der Waals surface area contributed by atoms with Gasteiger partial charge in [-0.15, -0.1) is 11.6 Å². The summed E-state index contributed by atoms with van der Waals surface area (Å²) >= 11 is 6.43. The Hall–Kier alpha value is -1.80. The second-order valence-corrected chi connectivity index (χ2v) is 8.49. The molecule has 2 fully saturated rings. The van der Waals surface area contributed by atoms with E-state index in [0.717, 1.165) is 31.6 Å². The molecule has 2 aromatic rings. The molecule has 29 heavy (non-hydrogen) atoms. The van der Waals surface area contributed by atoms with Gasteiger partial charge in [-0.1, -0.05) is 18.2 Å². The molecule has 3 N–H and O–H groups in total. The van der Waals surface area contributed by atoms with Gasteiger partial charge >= 0.3 is 0 Å². The van der Waals surface area contributed by atoms with Crippen LogP contribution in [0.15, 0.2) is 36.5 Å². The van der Waals surface area contributed by atoms with Crippen LogP contribution in [0.3, 0.4) is 0 Å². The van der Waals surface area contributed by atoms with E-state index >= 15 is 4.39 Å². The first-order valence-electron chi connectivity index (χ1n) is 10.0. The zero-order chi connectivity index (χ0) is 20.4. The van der Waals surface area contributed by atoms with Gasteiger partial charge in [-0.2, -0.15) is 0 Å². The van der Waals surface area contributed by atoms with Gasteiger partial charge in [0.25, 0.3) is 5.91 Å². The largest absolute Gasteiger partial charge is 0.381 e. The number of nitrogens with zero attached hydrogens (tertiary/aromatic N) is 2. The number of rotatable bonds is 5. The third-order valence-corrected chi connectivity index (χ3v) is 6.47. The Morgan fingerprint density at radius 3 is 3.03 bits per heavy atom. The van der Waals surface area contributed by atoms with Crippen LogP contribution in [-0.4, -0.2) is 65.9 Å². The number of fused-ring (bicyclic) bond motifs is 1. The standard InChI is InChI=1S/C21H26ClFN4O2/c22-17-12-27(11-14-6-10-29-13-14)9-7-21(17,23)20(24)26-19(28)16-5-1-3-15-4-2-8-25-18(15)16/h1-5,8,14,17,20H,6-7,9-13,24H2,(H,26,28). The lowest BCUT2D eigenvalue weighted by molar-refractivity contribution is 0.0244. The van der Waals surface area contributed by atoms with E-state index < -0.39 is 23.1 Å². The second-order valence-electron chi connectivity index (χ2n) is 7.97. The average molecular weight is 421 g/mol. The van der Waals surface area contributed by atoms with Gasteiger partial charge in [0.2, 0.25) is 0 Å². The quantitative estimate of drug-likeness (QED) is 0.573. The summed E-state index contributed by atoms with van der Waals surface area (Å²) in [5.41, 5.74) is 5.16. The monoisotopic (exact) mass is 420 g/mol. The molecule has 0 bridgehead atoms. The summed E-state index contributed by atoms with van der Waals surface area (Å²) in [5, 5.41) is 2.65. The molecule has 6 nitrogen and oxygen atoms in total. The molecule has 3 heterocycles. The van der Waals surface area contributed by atoms with E-state index in [-0.39, 0.29) is 6.42 Å². The number of benzene rings is 1. The van der Waals surface area contributed by atoms with Crippen molar-refractivity contribution in [3.8, 4) is 0 Å². The second kappa shape index (κ2) is 8.52. The van der Waals surface area contributed by atoms with Crippen LogP contribution < -0.4 is 11.1 Å². The Labute approximate surface area is 174 Å². The van der Waals surface area contributed by atoms with E-state index in [2.05, 4.69) is 15.2 Å². The predicted octanol–water partition coefficient (Wildman–Crippen LogP) is 2.31. The Bertz CT molecular complexity index is 873. The zero-order valence-corrected chi connectivity index (χ0v) is 16.9. The molecule has 0 spiro atoms. The highest BCUT2D eigenvalue weighted by Crippen LogP contribution is 2.33. The van der Waals surface area contributed by atoms with Crippen LogP contribution in [0.5, 0.6) is 0 Å². The maximum atomic E-state index is 15.7. The number of nitrogens with two attached hydrogens (primary N) is 1. The number of carbonyl (C=O) groups is 1. The molecule has 1 aromatic carbocycles. The van der Waals surface area contributed by atoms with E-state index in [9.17, 15) is 4.79 Å². The molecule has 1 aromatic heterocycles. The number of ether oxygens (including phenoxy) is 1. The molecule has 2 saturated heterocycles. The number of likely N-dealkylation sites (tertiary alicyclic amines) is 1. The van der Waals surface area contributed by atoms with E-state index in [1.807, 2.05) is 12.1 Å². The number of alkyl halides is 2. The molecule has 8 heteroatoms. The van der Waals surface area contributed by atoms with Crippen LogP contribution in [0.1, 0.15) is 23.2 Å². The summed E-state index contributed by atoms with van der Waals surface area (Å²) in [6.45, 7) is 3.33. The normalized spacial score (nSPS) is 29.1. The summed E-state index contributed by atoms with van der Waals surface area (Å²) < 4.78 is 21.1. The van der Waals surface area contributed by atoms with Crippen molar-refractivity contribution in [2.75, 3.05) is 32.8 Å². The minimum Gasteiger partial charge on any atom is -0.381 e. The summed E-state index contributed by atoms with van der Waals surface area (Å²) in [7, 11) is 0. The maximum absolute atomic E-state index is 15.7. The third kappa shape index (κ3) is 4.23. The molecule has 2 aliphatic rings. The lowest BCUT2D eigenvalue weighted by atomic mass is 9.89. The molecule has 0 saturated carbocycles. The SMILES string of the molecule is NC(NC(=O)c1cccc2cccnc12)C1(F)CCN(CC2CCOC2)CC1Cl. The van der Waals surface area contributed by atoms with Crippen LogP contribution in [0, 0.1) is 5.92 Å². The van der Waals surface area contributed by atoms with Crippen LogP contribution in [-0.2, 0) is 4.74 Å². The van der Waals surface area contributed by atoms with E-state index in [4.69, 9.17) is 22.1 Å². The Morgan fingerprint density at radius 2 is 2.28 bits per heavy atom. The molecule has 0 radical (unpaired) electrons. The van der Waals surface area contributed by atoms with Crippen LogP contribution in [0.4, 0.5) is 4.39 Å². The minimum atomic E-state index is -1.88. The maximum Gasteiger partial charge on any atom is 0.254 e. The predicted molar refractivity (Wildman–Crippen MR) is 111 cm³/mol. The van der Waals surface area contributed by atoms with Crippen molar-refractivity contribution >= 4 is 28.4 Å². The number of halogens is 2. The number of amides is 1. The van der Waals surface area contributed by atoms with Gasteiger partial charge in [-0.25, -0.2) is 4.39 Å². The van der Waals surface area contributed by atoms with Gasteiger partial charge < -0.3 is 20.7 Å². The number of nitrogens with one attached hydrogen (secondary N) is 1. The van der Waals surface area contributed by atoms with Crippen molar-refractivity contribution in [1.29, 1.82) is 0 Å². The van der Waals surface area contributed by atoms with Gasteiger partial charge in [0.05, 0.1) is 23.1 Å². The van der Waals surface area contributed by atoms with Gasteiger partial charge in [0.1, 0.15) is 6.17 Å². The first-order chi connectivity index (χ1) is 14.0. The van der Waals surface area contributed by atoms with E-state index in [1.165, 1.54) is 0 Å². The highest BCUT2D eigenvalue weighted by atomic mass is 35.5. The highest BCUT2D eigenvalue weighted by Gasteiger charge is 2.48. The number of carbonyl (C=O) groups excluding carboxylic acids is 1. The number of hydrogen-bond donors (Lipinski definition) is 2. The van der Waals surface area contributed by atoms with Gasteiger partial charge in [-0.3, -0.25) is 9.78 Å². The van der Waals surface area contributed by atoms with Crippen LogP contribution in [0.2, 0.25) is 0 Å². The number of pyridine rings is 1. The lowest BCUT2D eigenvalue weighted by Gasteiger charge is -2.43. The first kappa shape index (κ1) is 20.5. The number of aromatic nitrogens is 1. The Balaban J connectivity index is 1.42. The minimum absolute atomic E-state index is 0.171. The fourth-order valence-electron chi connectivity index (χ4n) is 4.19. The van der Waals surface area contributed by atoms with Crippen molar-refractivity contribution in [3.05, 3.63) is 42.1 Å². The molecular weight excluding hydrogens is 395 g/mol. The van der Waals surface area contributed by atoms with Gasteiger partial charge in [0, 0.05) is 37.8 Å². The van der Waals surface area contributed by atoms with Crippen LogP contribution >= 0.6 is 11.6 Å². The molecule has 4 rings (SSSR count). The average Bonchev–Trinajstić information content (AvgIpc) is 3.23. The van der Waals surface area contributed by atoms with Crippen molar-refractivity contribution in [3.63, 3.8) is 0 Å². The van der Waals surface area contributed by atoms with Gasteiger partial charge in [-0.05, 0) is 30.9 Å². The fraction of sp³-hybridized carbons (Fsp3) is 0.524. The fourth-order valence-corrected chi connectivity index (χ4v) is 4.63. The summed E-state index contributed by atoms with van der Waals surface area (Å²) in [5.74, 6) is 0.0199. The molecule has 1 amide bonds. The van der Waals surface area contributed by atoms with Crippen LogP contribution in [0.25, 0.3) is 10.9 Å². The van der Waals surface area contributed by atoms with E-state index in [1.54, 1.807) is 24.4 Å². The first-order valence-corrected chi connectivity index (χ1v) is 10.4. The Kier molecular flexibility index (Phi) is 6.01. The molecule has 4 atom stereocenters. The smallest absolute Gasteiger partial charge is 0.254 e. The number of para-hydroxylation sites is 1. The molecular formula is C21H26ClFN4O2. The summed E-state index contributed by atoms with van der Waals surface area (Å²) in [6.07, 6.45) is 1.62. The third-order valence-electron chi connectivity index (χ3n) is 5.97. The van der Waals surface area contributed by atoms with Crippen molar-refractivity contribution in [2.24, 2.45) is 11.7 Å². The summed E-state index contributed by atoms with van der Waals surface area (Å²) in [4.78, 5) is 19.2. The number of hydrogen-bond acceptors (Lipinski definition) is 5. The zero-order valence-electron chi connectivity index (χ0n) is 16.2. The van der Waals surface area contributed by atoms with Crippen molar-refractivity contribution in [1.82, 2.24) is 15.2 Å². The van der Waals surface area contributed by atoms with Gasteiger partial charge in [0.15, 0.2) is 5.67 Å². The van der Waals surface area contributed by atoms with Crippen molar-refractivity contribution in [2.45, 2.75) is 30.1 Å². The van der Waals surface area contributed by atoms with E-state index in [0.29, 0.717) is 30.1 Å². The number of piperidine rings is 1. The van der Waals surface area contributed by atoms with Crippen molar-refractivity contribution < 1.29 is 13.9 Å². The molecule has 2 aliphatic heterocycles. The molecule has 4 unspecified atom stereocenters. The topological polar surface area (TPSA) is 80.5 Å². The molecule has 0 aliphatic carbocycles. The Morgan fingerprint density at radius 1 is 1.45 bits per heavy atom. The lowest BCUT2D eigenvalue weighted by Crippen LogP contribution is -2.65. The summed E-state index contributed by atoms with van der Waals surface area (Å²) in [6, 6.07) is 8.97. The molecule has 156 valence electrons.